The molecule has 6 nitrogen and oxygen atoms in total. The van der Waals surface area contributed by atoms with Gasteiger partial charge in [-0.2, -0.15) is 0 Å². The Morgan fingerprint density at radius 1 is 1.14 bits per heavy atom. The van der Waals surface area contributed by atoms with E-state index in [0.717, 1.165) is 5.56 Å². The molecular formula is C22H23FN2O4. The van der Waals surface area contributed by atoms with E-state index in [0.29, 0.717) is 40.3 Å². The first-order valence-corrected chi connectivity index (χ1v) is 9.34. The van der Waals surface area contributed by atoms with E-state index in [4.69, 9.17) is 9.15 Å². The molecule has 2 N–H and O–H groups in total. The summed E-state index contributed by atoms with van der Waals surface area (Å²) in [4.78, 5) is 24.7. The number of fused-ring (bicyclic) bond motifs is 1. The van der Waals surface area contributed by atoms with Gasteiger partial charge in [-0.25, -0.2) is 4.39 Å². The van der Waals surface area contributed by atoms with E-state index >= 15 is 0 Å². The molecule has 7 heteroatoms. The number of hydrogen-bond donors (Lipinski definition) is 2. The van der Waals surface area contributed by atoms with Crippen molar-refractivity contribution in [3.63, 3.8) is 0 Å². The van der Waals surface area contributed by atoms with E-state index in [2.05, 4.69) is 10.6 Å². The maximum atomic E-state index is 13.5. The van der Waals surface area contributed by atoms with E-state index in [9.17, 15) is 14.0 Å². The third kappa shape index (κ3) is 4.39. The number of carbonyl (C=O) groups is 2. The minimum atomic E-state index is -0.818. The number of carbonyl (C=O) groups excluding carboxylic acids is 2. The molecule has 0 saturated carbocycles. The minimum absolute atomic E-state index is 0.368. The highest BCUT2D eigenvalue weighted by Gasteiger charge is 2.23. The van der Waals surface area contributed by atoms with Crippen LogP contribution in [0.25, 0.3) is 11.0 Å². The normalized spacial score (nSPS) is 11.9. The number of aryl methyl sites for hydroxylation is 2. The second-order valence-electron chi connectivity index (χ2n) is 6.81. The molecule has 152 valence electrons. The Bertz CT molecular complexity index is 1070. The lowest BCUT2D eigenvalue weighted by molar-refractivity contribution is -0.136. The molecule has 0 fully saturated rings. The van der Waals surface area contributed by atoms with Gasteiger partial charge in [0.15, 0.2) is 0 Å². The number of rotatable bonds is 5. The van der Waals surface area contributed by atoms with Gasteiger partial charge in [-0.1, -0.05) is 6.07 Å². The number of benzene rings is 2. The van der Waals surface area contributed by atoms with E-state index in [1.54, 1.807) is 26.0 Å². The summed E-state index contributed by atoms with van der Waals surface area (Å²) < 4.78 is 24.7. The molecule has 0 saturated heterocycles. The van der Waals surface area contributed by atoms with Gasteiger partial charge in [0, 0.05) is 10.9 Å². The predicted octanol–water partition coefficient (Wildman–Crippen LogP) is 4.40. The van der Waals surface area contributed by atoms with Crippen molar-refractivity contribution in [3.05, 3.63) is 59.1 Å². The molecule has 29 heavy (non-hydrogen) atoms. The fraction of sp³-hybridized carbons (Fsp3) is 0.273. The van der Waals surface area contributed by atoms with Crippen LogP contribution >= 0.6 is 0 Å². The van der Waals surface area contributed by atoms with Crippen LogP contribution in [0, 0.1) is 19.7 Å². The standard InChI is InChI=1S/C22H23FN2O4/c1-5-28-19-10-12(2)6-8-17(19)25-22(27)21(26)24-14(4)20-13(3)16-11-15(23)7-9-18(16)29-20/h6-11,14H,5H2,1-4H3,(H,24,26)(H,25,27). The Kier molecular flexibility index (Phi) is 5.87. The van der Waals surface area contributed by atoms with Crippen molar-refractivity contribution >= 4 is 28.5 Å². The number of anilines is 1. The lowest BCUT2D eigenvalue weighted by atomic mass is 10.1. The molecule has 1 heterocycles. The second kappa shape index (κ2) is 8.34. The minimum Gasteiger partial charge on any atom is -0.492 e. The number of ether oxygens (including phenoxy) is 1. The van der Waals surface area contributed by atoms with Gasteiger partial charge in [0.05, 0.1) is 18.3 Å². The third-order valence-corrected chi connectivity index (χ3v) is 4.57. The molecule has 3 aromatic rings. The van der Waals surface area contributed by atoms with Crippen LogP contribution in [-0.2, 0) is 9.59 Å². The largest absolute Gasteiger partial charge is 0.492 e. The van der Waals surface area contributed by atoms with Crippen LogP contribution in [0.1, 0.15) is 36.8 Å². The predicted molar refractivity (Wildman–Crippen MR) is 108 cm³/mol. The van der Waals surface area contributed by atoms with E-state index in [1.165, 1.54) is 18.2 Å². The molecule has 0 radical (unpaired) electrons. The Morgan fingerprint density at radius 2 is 1.90 bits per heavy atom. The molecule has 0 aliphatic carbocycles. The van der Waals surface area contributed by atoms with Gasteiger partial charge in [-0.15, -0.1) is 0 Å². The van der Waals surface area contributed by atoms with Crippen molar-refractivity contribution in [2.24, 2.45) is 0 Å². The molecule has 1 atom stereocenters. The van der Waals surface area contributed by atoms with Crippen molar-refractivity contribution in [2.75, 3.05) is 11.9 Å². The zero-order valence-corrected chi connectivity index (χ0v) is 16.8. The maximum absolute atomic E-state index is 13.5. The average molecular weight is 398 g/mol. The Hall–Kier alpha value is -3.35. The van der Waals surface area contributed by atoms with Gasteiger partial charge in [0.2, 0.25) is 0 Å². The maximum Gasteiger partial charge on any atom is 0.313 e. The molecule has 0 aliphatic rings. The highest BCUT2D eigenvalue weighted by Crippen LogP contribution is 2.30. The third-order valence-electron chi connectivity index (χ3n) is 4.57. The first-order chi connectivity index (χ1) is 13.8. The van der Waals surface area contributed by atoms with Crippen LogP contribution in [-0.4, -0.2) is 18.4 Å². The molecule has 3 rings (SSSR count). The molecule has 1 unspecified atom stereocenters. The van der Waals surface area contributed by atoms with Crippen LogP contribution < -0.4 is 15.4 Å². The SMILES string of the molecule is CCOc1cc(C)ccc1NC(=O)C(=O)NC(C)c1oc2ccc(F)cc2c1C. The first kappa shape index (κ1) is 20.4. The van der Waals surface area contributed by atoms with Crippen LogP contribution in [0.4, 0.5) is 10.1 Å². The van der Waals surface area contributed by atoms with Crippen molar-refractivity contribution in [2.45, 2.75) is 33.7 Å². The van der Waals surface area contributed by atoms with Gasteiger partial charge in [0.25, 0.3) is 0 Å². The zero-order valence-electron chi connectivity index (χ0n) is 16.8. The number of furan rings is 1. The number of hydrogen-bond acceptors (Lipinski definition) is 4. The molecule has 0 spiro atoms. The van der Waals surface area contributed by atoms with Crippen LogP contribution in [0.5, 0.6) is 5.75 Å². The number of halogens is 1. The highest BCUT2D eigenvalue weighted by atomic mass is 19.1. The van der Waals surface area contributed by atoms with Crippen molar-refractivity contribution in [1.82, 2.24) is 5.32 Å². The van der Waals surface area contributed by atoms with Crippen molar-refractivity contribution in [3.8, 4) is 5.75 Å². The van der Waals surface area contributed by atoms with E-state index < -0.39 is 17.9 Å². The fourth-order valence-electron chi connectivity index (χ4n) is 3.14. The van der Waals surface area contributed by atoms with E-state index in [1.807, 2.05) is 19.9 Å². The number of nitrogens with one attached hydrogen (secondary N) is 2. The van der Waals surface area contributed by atoms with Gasteiger partial charge in [-0.05, 0) is 63.6 Å². The topological polar surface area (TPSA) is 80.6 Å². The summed E-state index contributed by atoms with van der Waals surface area (Å²) in [7, 11) is 0. The lowest BCUT2D eigenvalue weighted by Crippen LogP contribution is -2.37. The first-order valence-electron chi connectivity index (χ1n) is 9.34. The van der Waals surface area contributed by atoms with Gasteiger partial charge >= 0.3 is 11.8 Å². The molecule has 1 aromatic heterocycles. The monoisotopic (exact) mass is 398 g/mol. The summed E-state index contributed by atoms with van der Waals surface area (Å²) in [6, 6.07) is 8.94. The zero-order chi connectivity index (χ0) is 21.1. The van der Waals surface area contributed by atoms with Crippen LogP contribution in [0.3, 0.4) is 0 Å². The average Bonchev–Trinajstić information content (AvgIpc) is 3.00. The van der Waals surface area contributed by atoms with Gasteiger partial charge in [-0.3, -0.25) is 9.59 Å². The summed E-state index contributed by atoms with van der Waals surface area (Å²) in [5.41, 5.74) is 2.62. The molecular weight excluding hydrogens is 375 g/mol. The Morgan fingerprint density at radius 3 is 2.62 bits per heavy atom. The lowest BCUT2D eigenvalue weighted by Gasteiger charge is -2.14. The van der Waals surface area contributed by atoms with Crippen LogP contribution in [0.15, 0.2) is 40.8 Å². The van der Waals surface area contributed by atoms with E-state index in [-0.39, 0.29) is 5.82 Å². The number of amides is 2. The summed E-state index contributed by atoms with van der Waals surface area (Å²) >= 11 is 0. The smallest absolute Gasteiger partial charge is 0.313 e. The summed E-state index contributed by atoms with van der Waals surface area (Å²) in [5, 5.41) is 5.82. The molecule has 2 amide bonds. The quantitative estimate of drug-likeness (QED) is 0.624. The molecule has 0 aliphatic heterocycles. The highest BCUT2D eigenvalue weighted by molar-refractivity contribution is 6.39. The Balaban J connectivity index is 1.73. The summed E-state index contributed by atoms with van der Waals surface area (Å²) in [6.07, 6.45) is 0. The summed E-state index contributed by atoms with van der Waals surface area (Å²) in [6.45, 7) is 7.66. The van der Waals surface area contributed by atoms with Gasteiger partial charge in [0.1, 0.15) is 22.9 Å². The van der Waals surface area contributed by atoms with Crippen molar-refractivity contribution < 1.29 is 23.1 Å². The fourth-order valence-corrected chi connectivity index (χ4v) is 3.14. The summed E-state index contributed by atoms with van der Waals surface area (Å²) in [5.74, 6) is -1.03. The van der Waals surface area contributed by atoms with Crippen molar-refractivity contribution in [1.29, 1.82) is 0 Å². The molecule has 0 bridgehead atoms. The van der Waals surface area contributed by atoms with Gasteiger partial charge < -0.3 is 19.8 Å². The van der Waals surface area contributed by atoms with Crippen LogP contribution in [0.2, 0.25) is 0 Å². The second-order valence-corrected chi connectivity index (χ2v) is 6.81. The Labute approximate surface area is 168 Å². The molecule has 2 aromatic carbocycles.